The molecule has 2 aromatic rings. The lowest BCUT2D eigenvalue weighted by molar-refractivity contribution is -0.145. The summed E-state index contributed by atoms with van der Waals surface area (Å²) in [5, 5.41) is 0. The van der Waals surface area contributed by atoms with Crippen LogP contribution in [0.4, 0.5) is 0 Å². The maximum atomic E-state index is 12.5. The van der Waals surface area contributed by atoms with Gasteiger partial charge in [-0.05, 0) is 29.8 Å². The van der Waals surface area contributed by atoms with Gasteiger partial charge in [0.15, 0.2) is 0 Å². The number of rotatable bonds is 4. The molecular weight excluding hydrogens is 350 g/mol. The SMILES string of the molecule is O=C(O[C@@H]1CCOC1=O)c1cccc(CN2C(=O)c3ccccc3C2=O)c1. The van der Waals surface area contributed by atoms with Crippen molar-refractivity contribution in [2.75, 3.05) is 6.61 Å². The molecule has 7 nitrogen and oxygen atoms in total. The minimum Gasteiger partial charge on any atom is -0.463 e. The van der Waals surface area contributed by atoms with Crippen LogP contribution in [0.15, 0.2) is 48.5 Å². The third-order valence-electron chi connectivity index (χ3n) is 4.52. The molecule has 2 aliphatic heterocycles. The van der Waals surface area contributed by atoms with E-state index in [1.54, 1.807) is 48.5 Å². The number of carbonyl (C=O) groups is 4. The minimum absolute atomic E-state index is 0.0406. The number of cyclic esters (lactones) is 1. The number of amides is 2. The molecule has 0 bridgehead atoms. The molecular formula is C20H15NO6. The average molecular weight is 365 g/mol. The lowest BCUT2D eigenvalue weighted by Crippen LogP contribution is -2.29. The van der Waals surface area contributed by atoms with E-state index < -0.39 is 18.0 Å². The fourth-order valence-electron chi connectivity index (χ4n) is 3.14. The van der Waals surface area contributed by atoms with Gasteiger partial charge in [-0.2, -0.15) is 0 Å². The number of imide groups is 1. The lowest BCUT2D eigenvalue weighted by Gasteiger charge is -2.15. The third-order valence-corrected chi connectivity index (χ3v) is 4.52. The van der Waals surface area contributed by atoms with Gasteiger partial charge in [-0.3, -0.25) is 14.5 Å². The maximum Gasteiger partial charge on any atom is 0.347 e. The smallest absolute Gasteiger partial charge is 0.347 e. The van der Waals surface area contributed by atoms with Crippen molar-refractivity contribution in [2.24, 2.45) is 0 Å². The van der Waals surface area contributed by atoms with E-state index in [4.69, 9.17) is 9.47 Å². The van der Waals surface area contributed by atoms with Crippen molar-refractivity contribution in [3.8, 4) is 0 Å². The summed E-state index contributed by atoms with van der Waals surface area (Å²) in [5.41, 5.74) is 1.59. The van der Waals surface area contributed by atoms with Gasteiger partial charge in [-0.1, -0.05) is 24.3 Å². The van der Waals surface area contributed by atoms with Crippen LogP contribution in [0.25, 0.3) is 0 Å². The largest absolute Gasteiger partial charge is 0.463 e. The highest BCUT2D eigenvalue weighted by molar-refractivity contribution is 6.21. The van der Waals surface area contributed by atoms with E-state index in [1.165, 1.54) is 0 Å². The van der Waals surface area contributed by atoms with Crippen molar-refractivity contribution in [1.82, 2.24) is 4.90 Å². The van der Waals surface area contributed by atoms with Gasteiger partial charge in [-0.25, -0.2) is 9.59 Å². The number of nitrogens with zero attached hydrogens (tertiary/aromatic N) is 1. The highest BCUT2D eigenvalue weighted by Gasteiger charge is 2.35. The highest BCUT2D eigenvalue weighted by Crippen LogP contribution is 2.24. The molecule has 0 aromatic heterocycles. The Morgan fingerprint density at radius 1 is 1.04 bits per heavy atom. The Labute approximate surface area is 154 Å². The molecule has 0 radical (unpaired) electrons. The average Bonchev–Trinajstić information content (AvgIpc) is 3.19. The van der Waals surface area contributed by atoms with Crippen molar-refractivity contribution < 1.29 is 28.7 Å². The van der Waals surface area contributed by atoms with Gasteiger partial charge in [-0.15, -0.1) is 0 Å². The topological polar surface area (TPSA) is 90.0 Å². The van der Waals surface area contributed by atoms with Crippen molar-refractivity contribution in [3.05, 3.63) is 70.8 Å². The monoisotopic (exact) mass is 365 g/mol. The number of esters is 2. The zero-order valence-corrected chi connectivity index (χ0v) is 14.2. The van der Waals surface area contributed by atoms with E-state index in [9.17, 15) is 19.2 Å². The van der Waals surface area contributed by atoms with Gasteiger partial charge in [0.25, 0.3) is 11.8 Å². The van der Waals surface area contributed by atoms with Crippen LogP contribution in [0.5, 0.6) is 0 Å². The molecule has 1 saturated heterocycles. The first-order chi connectivity index (χ1) is 13.0. The van der Waals surface area contributed by atoms with Gasteiger partial charge in [0, 0.05) is 6.42 Å². The summed E-state index contributed by atoms with van der Waals surface area (Å²) < 4.78 is 9.94. The van der Waals surface area contributed by atoms with E-state index >= 15 is 0 Å². The molecule has 7 heteroatoms. The summed E-state index contributed by atoms with van der Waals surface area (Å²) in [5.74, 6) is -1.93. The first-order valence-electron chi connectivity index (χ1n) is 8.46. The Bertz CT molecular complexity index is 931. The first-order valence-corrected chi connectivity index (χ1v) is 8.46. The van der Waals surface area contributed by atoms with Crippen molar-refractivity contribution >= 4 is 23.8 Å². The Balaban J connectivity index is 1.50. The molecule has 0 saturated carbocycles. The summed E-state index contributed by atoms with van der Waals surface area (Å²) in [6.45, 7) is 0.273. The Morgan fingerprint density at radius 2 is 1.74 bits per heavy atom. The summed E-state index contributed by atoms with van der Waals surface area (Å²) in [7, 11) is 0. The summed E-state index contributed by atoms with van der Waals surface area (Å²) in [6, 6.07) is 13.1. The third kappa shape index (κ3) is 3.08. The Morgan fingerprint density at radius 3 is 2.37 bits per heavy atom. The second-order valence-electron chi connectivity index (χ2n) is 6.29. The molecule has 0 N–H and O–H groups in total. The zero-order chi connectivity index (χ0) is 19.0. The molecule has 2 amide bonds. The number of hydrogen-bond donors (Lipinski definition) is 0. The molecule has 2 heterocycles. The quantitative estimate of drug-likeness (QED) is 0.608. The first kappa shape index (κ1) is 17.0. The predicted molar refractivity (Wildman–Crippen MR) is 91.9 cm³/mol. The van der Waals surface area contributed by atoms with Gasteiger partial charge in [0.2, 0.25) is 6.10 Å². The number of hydrogen-bond acceptors (Lipinski definition) is 6. The standard InChI is InChI=1S/C20H15NO6/c22-17-14-6-1-2-7-15(14)18(23)21(17)11-12-4-3-5-13(10-12)19(24)27-16-8-9-26-20(16)25/h1-7,10,16H,8-9,11H2/t16-/m1/s1. The predicted octanol–water partition coefficient (Wildman–Crippen LogP) is 1.96. The molecule has 136 valence electrons. The van der Waals surface area contributed by atoms with Crippen LogP contribution >= 0.6 is 0 Å². The fraction of sp³-hybridized carbons (Fsp3) is 0.200. The summed E-state index contributed by atoms with van der Waals surface area (Å²) in [4.78, 5) is 49.8. The van der Waals surface area contributed by atoms with Crippen LogP contribution in [-0.4, -0.2) is 41.4 Å². The molecule has 2 aliphatic rings. The van der Waals surface area contributed by atoms with Crippen molar-refractivity contribution in [3.63, 3.8) is 0 Å². The van der Waals surface area contributed by atoms with Gasteiger partial charge in [0.1, 0.15) is 0 Å². The zero-order valence-electron chi connectivity index (χ0n) is 14.2. The molecule has 0 spiro atoms. The van der Waals surface area contributed by atoms with Crippen LogP contribution in [0.3, 0.4) is 0 Å². The second-order valence-corrected chi connectivity index (χ2v) is 6.29. The van der Waals surface area contributed by atoms with Crippen molar-refractivity contribution in [1.29, 1.82) is 0 Å². The molecule has 1 fully saturated rings. The van der Waals surface area contributed by atoms with Gasteiger partial charge in [0.05, 0.1) is 29.8 Å². The van der Waals surface area contributed by atoms with Crippen LogP contribution in [0.1, 0.15) is 43.1 Å². The van der Waals surface area contributed by atoms with E-state index in [2.05, 4.69) is 0 Å². The number of fused-ring (bicyclic) bond motifs is 1. The van der Waals surface area contributed by atoms with Crippen molar-refractivity contribution in [2.45, 2.75) is 19.1 Å². The summed E-state index contributed by atoms with van der Waals surface area (Å²) in [6.07, 6.45) is -0.559. The Hall–Kier alpha value is -3.48. The molecule has 1 atom stereocenters. The van der Waals surface area contributed by atoms with E-state index in [-0.39, 0.29) is 30.5 Å². The molecule has 4 rings (SSSR count). The minimum atomic E-state index is -0.891. The molecule has 0 unspecified atom stereocenters. The van der Waals surface area contributed by atoms with Gasteiger partial charge >= 0.3 is 11.9 Å². The highest BCUT2D eigenvalue weighted by atomic mass is 16.6. The fourth-order valence-corrected chi connectivity index (χ4v) is 3.14. The van der Waals surface area contributed by atoms with E-state index in [1.807, 2.05) is 0 Å². The van der Waals surface area contributed by atoms with Crippen LogP contribution in [0, 0.1) is 0 Å². The van der Waals surface area contributed by atoms with Crippen LogP contribution < -0.4 is 0 Å². The van der Waals surface area contributed by atoms with E-state index in [0.717, 1.165) is 4.90 Å². The Kier molecular flexibility index (Phi) is 4.19. The normalized spacial score (nSPS) is 18.4. The van der Waals surface area contributed by atoms with Crippen LogP contribution in [-0.2, 0) is 20.8 Å². The summed E-state index contributed by atoms with van der Waals surface area (Å²) >= 11 is 0. The van der Waals surface area contributed by atoms with Crippen LogP contribution in [0.2, 0.25) is 0 Å². The maximum absolute atomic E-state index is 12.5. The molecule has 27 heavy (non-hydrogen) atoms. The number of ether oxygens (including phenoxy) is 2. The molecule has 0 aliphatic carbocycles. The van der Waals surface area contributed by atoms with Gasteiger partial charge < -0.3 is 9.47 Å². The van der Waals surface area contributed by atoms with E-state index in [0.29, 0.717) is 23.1 Å². The lowest BCUT2D eigenvalue weighted by atomic mass is 10.1. The number of benzene rings is 2. The molecule has 2 aromatic carbocycles. The number of carbonyl (C=O) groups excluding carboxylic acids is 4. The second kappa shape index (κ2) is 6.68.